The summed E-state index contributed by atoms with van der Waals surface area (Å²) in [5, 5.41) is 4.11. The molecule has 3 aromatic rings. The van der Waals surface area contributed by atoms with Gasteiger partial charge in [-0.15, -0.1) is 0 Å². The molecular weight excluding hydrogens is 418 g/mol. The van der Waals surface area contributed by atoms with Gasteiger partial charge in [0.1, 0.15) is 22.8 Å². The van der Waals surface area contributed by atoms with E-state index in [4.69, 9.17) is 13.9 Å². The van der Waals surface area contributed by atoms with Crippen molar-refractivity contribution < 1.29 is 18.7 Å². The van der Waals surface area contributed by atoms with Crippen molar-refractivity contribution in [1.82, 2.24) is 10.3 Å². The van der Waals surface area contributed by atoms with Crippen LogP contribution in [-0.4, -0.2) is 48.4 Å². The molecular formula is C26H31N3O4. The molecule has 2 aliphatic rings. The number of para-hydroxylation sites is 1. The molecule has 2 atom stereocenters. The minimum Gasteiger partial charge on any atom is -0.459 e. The highest BCUT2D eigenvalue weighted by molar-refractivity contribution is 5.94. The summed E-state index contributed by atoms with van der Waals surface area (Å²) in [4.78, 5) is 19.7. The number of nitrogens with one attached hydrogen (secondary N) is 1. The van der Waals surface area contributed by atoms with E-state index in [-0.39, 0.29) is 23.2 Å². The molecule has 2 fully saturated rings. The topological polar surface area (TPSA) is 76.8 Å². The summed E-state index contributed by atoms with van der Waals surface area (Å²) in [6.45, 7) is 10.9. The zero-order valence-electron chi connectivity index (χ0n) is 19.7. The van der Waals surface area contributed by atoms with Crippen LogP contribution in [0.25, 0.3) is 11.0 Å². The molecule has 2 aromatic heterocycles. The molecule has 0 saturated carbocycles. The maximum absolute atomic E-state index is 12.9. The number of pyridine rings is 1. The molecule has 4 heterocycles. The Morgan fingerprint density at radius 1 is 1.18 bits per heavy atom. The molecule has 2 aliphatic heterocycles. The van der Waals surface area contributed by atoms with Crippen molar-refractivity contribution in [2.75, 3.05) is 31.2 Å². The molecule has 33 heavy (non-hydrogen) atoms. The van der Waals surface area contributed by atoms with E-state index in [0.717, 1.165) is 47.6 Å². The predicted octanol–water partition coefficient (Wildman–Crippen LogP) is 4.40. The van der Waals surface area contributed by atoms with E-state index in [1.807, 2.05) is 50.2 Å². The number of anilines is 1. The van der Waals surface area contributed by atoms with Crippen LogP contribution in [0, 0.1) is 6.92 Å². The summed E-state index contributed by atoms with van der Waals surface area (Å²) >= 11 is 0. The normalized spacial score (nSPS) is 23.2. The van der Waals surface area contributed by atoms with E-state index in [1.165, 1.54) is 0 Å². The van der Waals surface area contributed by atoms with Gasteiger partial charge in [0.05, 0.1) is 37.0 Å². The van der Waals surface area contributed by atoms with Crippen molar-refractivity contribution in [3.63, 3.8) is 0 Å². The second-order valence-corrected chi connectivity index (χ2v) is 9.87. The van der Waals surface area contributed by atoms with Crippen LogP contribution in [0.5, 0.6) is 0 Å². The zero-order chi connectivity index (χ0) is 23.2. The number of amides is 1. The fourth-order valence-corrected chi connectivity index (χ4v) is 5.10. The van der Waals surface area contributed by atoms with Crippen LogP contribution in [0.2, 0.25) is 0 Å². The monoisotopic (exact) mass is 449 g/mol. The highest BCUT2D eigenvalue weighted by Gasteiger charge is 2.48. The fraction of sp³-hybridized carbons (Fsp3) is 0.462. The number of carbonyl (C=O) groups excluding carboxylic acids is 1. The second-order valence-electron chi connectivity index (χ2n) is 9.87. The summed E-state index contributed by atoms with van der Waals surface area (Å²) in [6.07, 6.45) is 2.50. The maximum atomic E-state index is 12.9. The zero-order valence-corrected chi connectivity index (χ0v) is 19.7. The average Bonchev–Trinajstić information content (AvgIpc) is 3.29. The number of furan rings is 1. The Balaban J connectivity index is 1.26. The Labute approximate surface area is 194 Å². The highest BCUT2D eigenvalue weighted by atomic mass is 16.6. The Morgan fingerprint density at radius 2 is 2.00 bits per heavy atom. The van der Waals surface area contributed by atoms with Gasteiger partial charge in [0.2, 0.25) is 0 Å². The van der Waals surface area contributed by atoms with E-state index in [2.05, 4.69) is 29.0 Å². The van der Waals surface area contributed by atoms with Crippen LogP contribution in [0.15, 0.2) is 47.0 Å². The first-order valence-corrected chi connectivity index (χ1v) is 11.5. The van der Waals surface area contributed by atoms with E-state index in [0.29, 0.717) is 18.8 Å². The van der Waals surface area contributed by atoms with Crippen molar-refractivity contribution in [2.45, 2.75) is 51.4 Å². The SMILES string of the molecule is Cc1c([C@H](C)NC(=O)c2ccc(N3CCOC4(COC(C)(C)C4)C3)nc2)oc2ccccc12. The van der Waals surface area contributed by atoms with Gasteiger partial charge in [-0.1, -0.05) is 18.2 Å². The summed E-state index contributed by atoms with van der Waals surface area (Å²) in [5.74, 6) is 1.44. The standard InChI is InChI=1S/C26H31N3O4/c1-17-20-7-5-6-8-21(20)33-23(17)18(2)28-24(30)19-9-10-22(27-13-19)29-11-12-31-26(15-29)14-25(3,4)32-16-26/h5-10,13,18H,11-12,14-16H2,1-4H3,(H,28,30)/t18-,26?/m0/s1. The lowest BCUT2D eigenvalue weighted by Crippen LogP contribution is -2.53. The molecule has 2 saturated heterocycles. The average molecular weight is 450 g/mol. The molecule has 174 valence electrons. The van der Waals surface area contributed by atoms with E-state index in [1.54, 1.807) is 6.20 Å². The minimum absolute atomic E-state index is 0.173. The van der Waals surface area contributed by atoms with E-state index in [9.17, 15) is 4.79 Å². The molecule has 7 nitrogen and oxygen atoms in total. The van der Waals surface area contributed by atoms with Gasteiger partial charge in [0.15, 0.2) is 0 Å². The molecule has 0 radical (unpaired) electrons. The predicted molar refractivity (Wildman–Crippen MR) is 127 cm³/mol. The first-order chi connectivity index (χ1) is 15.8. The lowest BCUT2D eigenvalue weighted by Gasteiger charge is -2.40. The van der Waals surface area contributed by atoms with Crippen LogP contribution in [0.3, 0.4) is 0 Å². The van der Waals surface area contributed by atoms with Gasteiger partial charge in [-0.05, 0) is 45.9 Å². The molecule has 0 bridgehead atoms. The number of ether oxygens (including phenoxy) is 2. The number of rotatable bonds is 4. The number of nitrogens with zero attached hydrogens (tertiary/aromatic N) is 2. The first-order valence-electron chi connectivity index (χ1n) is 11.5. The molecule has 5 rings (SSSR count). The second kappa shape index (κ2) is 8.15. The lowest BCUT2D eigenvalue weighted by atomic mass is 9.92. The van der Waals surface area contributed by atoms with Gasteiger partial charge in [-0.25, -0.2) is 4.98 Å². The quantitative estimate of drug-likeness (QED) is 0.636. The van der Waals surface area contributed by atoms with Crippen molar-refractivity contribution >= 4 is 22.7 Å². The van der Waals surface area contributed by atoms with Crippen LogP contribution < -0.4 is 10.2 Å². The van der Waals surface area contributed by atoms with Gasteiger partial charge in [0, 0.05) is 30.1 Å². The number of hydrogen-bond acceptors (Lipinski definition) is 6. The van der Waals surface area contributed by atoms with Crippen molar-refractivity contribution in [3.8, 4) is 0 Å². The summed E-state index contributed by atoms with van der Waals surface area (Å²) < 4.78 is 18.1. The molecule has 0 aliphatic carbocycles. The van der Waals surface area contributed by atoms with Crippen molar-refractivity contribution in [2.24, 2.45) is 0 Å². The number of hydrogen-bond donors (Lipinski definition) is 1. The van der Waals surface area contributed by atoms with Crippen LogP contribution >= 0.6 is 0 Å². The Hall–Kier alpha value is -2.90. The molecule has 1 amide bonds. The van der Waals surface area contributed by atoms with Gasteiger partial charge in [-0.3, -0.25) is 4.79 Å². The third kappa shape index (κ3) is 4.23. The van der Waals surface area contributed by atoms with Crippen molar-refractivity contribution in [1.29, 1.82) is 0 Å². The van der Waals surface area contributed by atoms with Gasteiger partial charge in [-0.2, -0.15) is 0 Å². The smallest absolute Gasteiger partial charge is 0.253 e. The summed E-state index contributed by atoms with van der Waals surface area (Å²) in [7, 11) is 0. The van der Waals surface area contributed by atoms with E-state index >= 15 is 0 Å². The summed E-state index contributed by atoms with van der Waals surface area (Å²) in [6, 6.07) is 11.4. The van der Waals surface area contributed by atoms with Gasteiger partial charge >= 0.3 is 0 Å². The summed E-state index contributed by atoms with van der Waals surface area (Å²) in [5.41, 5.74) is 1.93. The number of fused-ring (bicyclic) bond motifs is 1. The number of aromatic nitrogens is 1. The molecule has 1 aromatic carbocycles. The Morgan fingerprint density at radius 3 is 2.70 bits per heavy atom. The first kappa shape index (κ1) is 21.9. The molecule has 1 spiro atoms. The number of carbonyl (C=O) groups is 1. The van der Waals surface area contributed by atoms with E-state index < -0.39 is 0 Å². The third-order valence-electron chi connectivity index (χ3n) is 6.68. The number of aryl methyl sites for hydroxylation is 1. The molecule has 1 unspecified atom stereocenters. The Bertz CT molecular complexity index is 1170. The Kier molecular flexibility index (Phi) is 5.41. The van der Waals surface area contributed by atoms with Crippen LogP contribution in [-0.2, 0) is 9.47 Å². The maximum Gasteiger partial charge on any atom is 0.253 e. The van der Waals surface area contributed by atoms with Gasteiger partial charge in [0.25, 0.3) is 5.91 Å². The highest BCUT2D eigenvalue weighted by Crippen LogP contribution is 2.38. The number of morpholine rings is 1. The lowest BCUT2D eigenvalue weighted by molar-refractivity contribution is -0.0597. The molecule has 1 N–H and O–H groups in total. The van der Waals surface area contributed by atoms with Crippen LogP contribution in [0.1, 0.15) is 54.9 Å². The molecule has 7 heteroatoms. The van der Waals surface area contributed by atoms with Crippen molar-refractivity contribution in [3.05, 3.63) is 59.5 Å². The largest absolute Gasteiger partial charge is 0.459 e. The third-order valence-corrected chi connectivity index (χ3v) is 6.68. The number of benzene rings is 1. The fourth-order valence-electron chi connectivity index (χ4n) is 5.10. The van der Waals surface area contributed by atoms with Gasteiger partial charge < -0.3 is 24.1 Å². The minimum atomic E-state index is -0.292. The van der Waals surface area contributed by atoms with Crippen LogP contribution in [0.4, 0.5) is 5.82 Å².